The monoisotopic (exact) mass is 199 g/mol. The molecule has 0 bridgehead atoms. The number of carbonyl (C=O) groups is 1. The molecule has 14 heavy (non-hydrogen) atoms. The van der Waals surface area contributed by atoms with Crippen molar-refractivity contribution >= 4 is 6.29 Å². The van der Waals surface area contributed by atoms with Crippen LogP contribution in [0.5, 0.6) is 0 Å². The summed E-state index contributed by atoms with van der Waals surface area (Å²) >= 11 is 0. The molecule has 0 radical (unpaired) electrons. The Morgan fingerprint density at radius 1 is 1.43 bits per heavy atom. The number of carbonyl (C=O) groups excluding carboxylic acids is 1. The molecule has 0 heterocycles. The van der Waals surface area contributed by atoms with Crippen LogP contribution in [0.25, 0.3) is 0 Å². The Labute approximate surface area is 81.1 Å². The largest absolute Gasteiger partial charge is 0.302 e. The van der Waals surface area contributed by atoms with Crippen LogP contribution in [0.3, 0.4) is 0 Å². The number of nitrogens with zero attached hydrogens (tertiary/aromatic N) is 1. The highest BCUT2D eigenvalue weighted by molar-refractivity contribution is 5.51. The van der Waals surface area contributed by atoms with Crippen LogP contribution >= 0.6 is 0 Å². The first-order valence-corrected chi connectivity index (χ1v) is 4.19. The third-order valence-electron chi connectivity index (χ3n) is 1.83. The highest BCUT2D eigenvalue weighted by atomic mass is 19.1. The third-order valence-corrected chi connectivity index (χ3v) is 1.83. The predicted molar refractivity (Wildman–Crippen MR) is 48.8 cm³/mol. The van der Waals surface area contributed by atoms with Crippen LogP contribution in [-0.2, 0) is 11.3 Å². The molecule has 1 aromatic carbocycles. The van der Waals surface area contributed by atoms with E-state index in [0.717, 1.165) is 24.5 Å². The van der Waals surface area contributed by atoms with E-state index in [1.54, 1.807) is 11.9 Å². The smallest absolute Gasteiger partial charge is 0.133 e. The highest BCUT2D eigenvalue weighted by Gasteiger charge is 2.06. The predicted octanol–water partition coefficient (Wildman–Crippen LogP) is 1.60. The first-order valence-electron chi connectivity index (χ1n) is 4.19. The van der Waals surface area contributed by atoms with Gasteiger partial charge in [-0.2, -0.15) is 0 Å². The average Bonchev–Trinajstić information content (AvgIpc) is 2.12. The lowest BCUT2D eigenvalue weighted by Gasteiger charge is -2.13. The molecule has 1 rings (SSSR count). The quantitative estimate of drug-likeness (QED) is 0.686. The van der Waals surface area contributed by atoms with E-state index in [9.17, 15) is 13.6 Å². The van der Waals surface area contributed by atoms with Crippen molar-refractivity contribution in [3.8, 4) is 0 Å². The third kappa shape index (κ3) is 2.88. The number of likely N-dealkylation sites (N-methyl/N-ethyl adjacent to an activating group) is 1. The van der Waals surface area contributed by atoms with Crippen molar-refractivity contribution in [2.75, 3.05) is 13.6 Å². The zero-order valence-electron chi connectivity index (χ0n) is 7.84. The molecule has 0 aliphatic carbocycles. The number of aldehydes is 1. The number of hydrogen-bond donors (Lipinski definition) is 0. The van der Waals surface area contributed by atoms with Crippen LogP contribution in [0.1, 0.15) is 5.56 Å². The fraction of sp³-hybridized carbons (Fsp3) is 0.300. The second kappa shape index (κ2) is 4.81. The zero-order valence-corrected chi connectivity index (χ0v) is 7.84. The molecule has 0 amide bonds. The molecule has 1 aromatic rings. The van der Waals surface area contributed by atoms with Crippen LogP contribution < -0.4 is 0 Å². The van der Waals surface area contributed by atoms with E-state index in [0.29, 0.717) is 0 Å². The number of benzene rings is 1. The summed E-state index contributed by atoms with van der Waals surface area (Å²) in [6.07, 6.45) is 0.719. The van der Waals surface area contributed by atoms with Gasteiger partial charge in [0.05, 0.1) is 6.54 Å². The molecule has 0 saturated heterocycles. The summed E-state index contributed by atoms with van der Waals surface area (Å²) < 4.78 is 25.8. The molecule has 0 aliphatic rings. The molecule has 0 aliphatic heterocycles. The van der Waals surface area contributed by atoms with E-state index in [1.165, 1.54) is 0 Å². The first kappa shape index (κ1) is 10.8. The summed E-state index contributed by atoms with van der Waals surface area (Å²) in [5, 5.41) is 0. The maximum atomic E-state index is 13.1. The molecule has 0 fully saturated rings. The van der Waals surface area contributed by atoms with E-state index in [2.05, 4.69) is 0 Å². The highest BCUT2D eigenvalue weighted by Crippen LogP contribution is 2.11. The van der Waals surface area contributed by atoms with Crippen LogP contribution in [0.15, 0.2) is 18.2 Å². The molecule has 0 atom stereocenters. The summed E-state index contributed by atoms with van der Waals surface area (Å²) in [5.74, 6) is -0.926. The van der Waals surface area contributed by atoms with E-state index in [-0.39, 0.29) is 18.7 Å². The Morgan fingerprint density at radius 2 is 2.14 bits per heavy atom. The van der Waals surface area contributed by atoms with Gasteiger partial charge in [-0.15, -0.1) is 0 Å². The van der Waals surface area contributed by atoms with Crippen molar-refractivity contribution in [1.29, 1.82) is 0 Å². The van der Waals surface area contributed by atoms with Gasteiger partial charge in [-0.25, -0.2) is 8.78 Å². The minimum atomic E-state index is -0.471. The molecule has 76 valence electrons. The topological polar surface area (TPSA) is 20.3 Å². The summed E-state index contributed by atoms with van der Waals surface area (Å²) in [6.45, 7) is 0.429. The van der Waals surface area contributed by atoms with Gasteiger partial charge in [0.15, 0.2) is 0 Å². The molecule has 2 nitrogen and oxygen atoms in total. The Kier molecular flexibility index (Phi) is 3.71. The lowest BCUT2D eigenvalue weighted by molar-refractivity contribution is -0.108. The number of halogens is 2. The fourth-order valence-corrected chi connectivity index (χ4v) is 1.15. The Bertz CT molecular complexity index is 328. The Morgan fingerprint density at radius 3 is 2.79 bits per heavy atom. The van der Waals surface area contributed by atoms with Gasteiger partial charge in [0.1, 0.15) is 17.9 Å². The normalized spacial score (nSPS) is 10.6. The average molecular weight is 199 g/mol. The van der Waals surface area contributed by atoms with Crippen LogP contribution in [0.2, 0.25) is 0 Å². The van der Waals surface area contributed by atoms with Gasteiger partial charge in [-0.3, -0.25) is 4.90 Å². The maximum Gasteiger partial charge on any atom is 0.133 e. The molecular formula is C10H11F2NO. The lowest BCUT2D eigenvalue weighted by Crippen LogP contribution is -2.20. The van der Waals surface area contributed by atoms with Crippen LogP contribution in [-0.4, -0.2) is 24.8 Å². The molecule has 0 aromatic heterocycles. The zero-order chi connectivity index (χ0) is 10.6. The van der Waals surface area contributed by atoms with Crippen molar-refractivity contribution in [2.24, 2.45) is 0 Å². The minimum Gasteiger partial charge on any atom is -0.302 e. The van der Waals surface area contributed by atoms with Gasteiger partial charge in [0.25, 0.3) is 0 Å². The molecule has 0 N–H and O–H groups in total. The standard InChI is InChI=1S/C10H11F2NO/c1-13(4-5-14)7-8-6-9(11)2-3-10(8)12/h2-3,5-6H,4,7H2,1H3. The molecular weight excluding hydrogens is 188 g/mol. The molecule has 0 spiro atoms. The maximum absolute atomic E-state index is 13.1. The molecule has 4 heteroatoms. The van der Waals surface area contributed by atoms with Crippen molar-refractivity contribution in [1.82, 2.24) is 4.90 Å². The van der Waals surface area contributed by atoms with Crippen molar-refractivity contribution in [3.63, 3.8) is 0 Å². The SMILES string of the molecule is CN(CC=O)Cc1cc(F)ccc1F. The number of rotatable bonds is 4. The second-order valence-electron chi connectivity index (χ2n) is 3.10. The Hall–Kier alpha value is -1.29. The molecule has 0 unspecified atom stereocenters. The van der Waals surface area contributed by atoms with E-state index >= 15 is 0 Å². The Balaban J connectivity index is 2.74. The van der Waals surface area contributed by atoms with Gasteiger partial charge in [0.2, 0.25) is 0 Å². The fourth-order valence-electron chi connectivity index (χ4n) is 1.15. The van der Waals surface area contributed by atoms with Crippen molar-refractivity contribution < 1.29 is 13.6 Å². The second-order valence-corrected chi connectivity index (χ2v) is 3.10. The lowest BCUT2D eigenvalue weighted by atomic mass is 10.2. The van der Waals surface area contributed by atoms with Gasteiger partial charge >= 0.3 is 0 Å². The summed E-state index contributed by atoms with van der Waals surface area (Å²) in [7, 11) is 1.67. The number of hydrogen-bond acceptors (Lipinski definition) is 2. The van der Waals surface area contributed by atoms with Gasteiger partial charge in [-0.1, -0.05) is 0 Å². The van der Waals surface area contributed by atoms with E-state index in [4.69, 9.17) is 0 Å². The van der Waals surface area contributed by atoms with Crippen LogP contribution in [0, 0.1) is 11.6 Å². The van der Waals surface area contributed by atoms with Gasteiger partial charge in [0, 0.05) is 12.1 Å². The summed E-state index contributed by atoms with van der Waals surface area (Å²) in [6, 6.07) is 3.29. The summed E-state index contributed by atoms with van der Waals surface area (Å²) in [5.41, 5.74) is 0.259. The van der Waals surface area contributed by atoms with E-state index in [1.807, 2.05) is 0 Å². The van der Waals surface area contributed by atoms with Crippen molar-refractivity contribution in [2.45, 2.75) is 6.54 Å². The summed E-state index contributed by atoms with van der Waals surface area (Å²) in [4.78, 5) is 11.7. The van der Waals surface area contributed by atoms with Crippen LogP contribution in [0.4, 0.5) is 8.78 Å². The first-order chi connectivity index (χ1) is 6.63. The van der Waals surface area contributed by atoms with E-state index < -0.39 is 11.6 Å². The van der Waals surface area contributed by atoms with Gasteiger partial charge in [-0.05, 0) is 25.2 Å². The molecule has 0 saturated carbocycles. The van der Waals surface area contributed by atoms with Crippen molar-refractivity contribution in [3.05, 3.63) is 35.4 Å². The van der Waals surface area contributed by atoms with Gasteiger partial charge < -0.3 is 4.79 Å². The minimum absolute atomic E-state index is 0.204.